The summed E-state index contributed by atoms with van der Waals surface area (Å²) >= 11 is 6.09. The summed E-state index contributed by atoms with van der Waals surface area (Å²) in [5.41, 5.74) is 2.02. The predicted octanol–water partition coefficient (Wildman–Crippen LogP) is 4.61. The van der Waals surface area contributed by atoms with E-state index in [-0.39, 0.29) is 11.8 Å². The number of hydrogen-bond donors (Lipinski definition) is 1. The van der Waals surface area contributed by atoms with Gasteiger partial charge in [-0.2, -0.15) is 0 Å². The van der Waals surface area contributed by atoms with E-state index in [4.69, 9.17) is 11.6 Å². The van der Waals surface area contributed by atoms with Crippen molar-refractivity contribution < 1.29 is 9.59 Å². The molecule has 2 amide bonds. The first-order chi connectivity index (χ1) is 13.5. The van der Waals surface area contributed by atoms with Gasteiger partial charge in [-0.25, -0.2) is 0 Å². The molecule has 0 aliphatic rings. The van der Waals surface area contributed by atoms with E-state index in [1.807, 2.05) is 48.5 Å². The molecule has 0 saturated carbocycles. The first-order valence-electron chi connectivity index (χ1n) is 9.86. The molecule has 0 unspecified atom stereocenters. The topological polar surface area (TPSA) is 49.4 Å². The Bertz CT molecular complexity index is 764. The SMILES string of the molecule is CCCCNC(=O)[C@H](C)N(Cc1cccc(Cl)c1)C(=O)CCc1ccccc1. The van der Waals surface area contributed by atoms with Crippen LogP contribution in [0.1, 0.15) is 44.2 Å². The summed E-state index contributed by atoms with van der Waals surface area (Å²) in [6.45, 7) is 4.85. The van der Waals surface area contributed by atoms with Gasteiger partial charge in [-0.3, -0.25) is 9.59 Å². The minimum atomic E-state index is -0.542. The highest BCUT2D eigenvalue weighted by Gasteiger charge is 2.25. The molecule has 2 aromatic carbocycles. The Morgan fingerprint density at radius 1 is 1.07 bits per heavy atom. The predicted molar refractivity (Wildman–Crippen MR) is 114 cm³/mol. The fourth-order valence-electron chi connectivity index (χ4n) is 2.99. The Hall–Kier alpha value is -2.33. The van der Waals surface area contributed by atoms with E-state index < -0.39 is 6.04 Å². The molecular formula is C23H29ClN2O2. The van der Waals surface area contributed by atoms with Crippen LogP contribution in [-0.4, -0.2) is 29.3 Å². The molecule has 1 N–H and O–H groups in total. The van der Waals surface area contributed by atoms with E-state index in [0.29, 0.717) is 31.0 Å². The van der Waals surface area contributed by atoms with Gasteiger partial charge in [0.15, 0.2) is 0 Å². The van der Waals surface area contributed by atoms with Gasteiger partial charge < -0.3 is 10.2 Å². The summed E-state index contributed by atoms with van der Waals surface area (Å²) < 4.78 is 0. The molecule has 0 radical (unpaired) electrons. The molecule has 1 atom stereocenters. The van der Waals surface area contributed by atoms with Crippen LogP contribution in [0.25, 0.3) is 0 Å². The van der Waals surface area contributed by atoms with Crippen molar-refractivity contribution in [3.05, 3.63) is 70.7 Å². The van der Waals surface area contributed by atoms with Crippen LogP contribution in [0, 0.1) is 0 Å². The zero-order valence-corrected chi connectivity index (χ0v) is 17.4. The third-order valence-corrected chi connectivity index (χ3v) is 4.94. The van der Waals surface area contributed by atoms with E-state index in [0.717, 1.165) is 24.0 Å². The summed E-state index contributed by atoms with van der Waals surface area (Å²) in [5.74, 6) is -0.162. The minimum Gasteiger partial charge on any atom is -0.354 e. The van der Waals surface area contributed by atoms with Crippen LogP contribution >= 0.6 is 11.6 Å². The van der Waals surface area contributed by atoms with Gasteiger partial charge in [0.25, 0.3) is 0 Å². The van der Waals surface area contributed by atoms with Crippen LogP contribution in [0.5, 0.6) is 0 Å². The number of hydrogen-bond acceptors (Lipinski definition) is 2. The molecule has 5 heteroatoms. The second kappa shape index (κ2) is 11.5. The number of aryl methyl sites for hydroxylation is 1. The first kappa shape index (κ1) is 22.0. The monoisotopic (exact) mass is 400 g/mol. The van der Waals surface area contributed by atoms with E-state index in [1.54, 1.807) is 17.9 Å². The molecule has 2 rings (SSSR count). The number of unbranched alkanes of at least 4 members (excludes halogenated alkanes) is 1. The van der Waals surface area contributed by atoms with Gasteiger partial charge in [0, 0.05) is 24.5 Å². The smallest absolute Gasteiger partial charge is 0.242 e. The van der Waals surface area contributed by atoms with Crippen LogP contribution in [0.2, 0.25) is 5.02 Å². The average molecular weight is 401 g/mol. The van der Waals surface area contributed by atoms with E-state index in [1.165, 1.54) is 0 Å². The fourth-order valence-corrected chi connectivity index (χ4v) is 3.20. The third kappa shape index (κ3) is 7.01. The second-order valence-corrected chi connectivity index (χ2v) is 7.39. The van der Waals surface area contributed by atoms with Crippen molar-refractivity contribution >= 4 is 23.4 Å². The van der Waals surface area contributed by atoms with Crippen LogP contribution in [0.4, 0.5) is 0 Å². The van der Waals surface area contributed by atoms with E-state index >= 15 is 0 Å². The van der Waals surface area contributed by atoms with Crippen molar-refractivity contribution in [2.45, 2.75) is 52.1 Å². The highest BCUT2D eigenvalue weighted by molar-refractivity contribution is 6.30. The van der Waals surface area contributed by atoms with Crippen LogP contribution < -0.4 is 5.32 Å². The Morgan fingerprint density at radius 3 is 2.46 bits per heavy atom. The molecule has 2 aromatic rings. The van der Waals surface area contributed by atoms with Crippen molar-refractivity contribution in [3.63, 3.8) is 0 Å². The number of halogens is 1. The number of benzene rings is 2. The minimum absolute atomic E-state index is 0.0398. The highest BCUT2D eigenvalue weighted by Crippen LogP contribution is 2.16. The Kier molecular flexibility index (Phi) is 9.02. The molecule has 0 heterocycles. The van der Waals surface area contributed by atoms with Gasteiger partial charge in [0.1, 0.15) is 6.04 Å². The molecule has 0 aliphatic carbocycles. The maximum Gasteiger partial charge on any atom is 0.242 e. The number of nitrogens with zero attached hydrogens (tertiary/aromatic N) is 1. The standard InChI is InChI=1S/C23H29ClN2O2/c1-3-4-15-25-23(28)18(2)26(17-20-11-8-12-21(24)16-20)22(27)14-13-19-9-6-5-7-10-19/h5-12,16,18H,3-4,13-15,17H2,1-2H3,(H,25,28)/t18-/m0/s1. The van der Waals surface area contributed by atoms with E-state index in [2.05, 4.69) is 12.2 Å². The molecular weight excluding hydrogens is 372 g/mol. The van der Waals surface area contributed by atoms with Gasteiger partial charge in [-0.15, -0.1) is 0 Å². The largest absolute Gasteiger partial charge is 0.354 e. The Morgan fingerprint density at radius 2 is 1.79 bits per heavy atom. The van der Waals surface area contributed by atoms with Crippen LogP contribution in [0.3, 0.4) is 0 Å². The summed E-state index contributed by atoms with van der Waals surface area (Å²) in [6.07, 6.45) is 2.94. The molecule has 28 heavy (non-hydrogen) atoms. The van der Waals surface area contributed by atoms with E-state index in [9.17, 15) is 9.59 Å². The molecule has 0 aliphatic heterocycles. The van der Waals surface area contributed by atoms with Crippen molar-refractivity contribution in [2.24, 2.45) is 0 Å². The lowest BCUT2D eigenvalue weighted by atomic mass is 10.1. The van der Waals surface area contributed by atoms with Crippen LogP contribution in [-0.2, 0) is 22.6 Å². The first-order valence-corrected chi connectivity index (χ1v) is 10.2. The van der Waals surface area contributed by atoms with Crippen molar-refractivity contribution in [2.75, 3.05) is 6.54 Å². The maximum atomic E-state index is 13.0. The van der Waals surface area contributed by atoms with Gasteiger partial charge in [0.2, 0.25) is 11.8 Å². The number of carbonyl (C=O) groups is 2. The maximum absolute atomic E-state index is 13.0. The average Bonchev–Trinajstić information content (AvgIpc) is 2.70. The molecule has 0 spiro atoms. The quantitative estimate of drug-likeness (QED) is 0.592. The zero-order valence-electron chi connectivity index (χ0n) is 16.7. The lowest BCUT2D eigenvalue weighted by Gasteiger charge is -2.29. The number of rotatable bonds is 10. The molecule has 4 nitrogen and oxygen atoms in total. The van der Waals surface area contributed by atoms with Gasteiger partial charge in [-0.05, 0) is 43.0 Å². The molecule has 0 aromatic heterocycles. The molecule has 0 bridgehead atoms. The summed E-state index contributed by atoms with van der Waals surface area (Å²) in [5, 5.41) is 3.55. The zero-order chi connectivity index (χ0) is 20.4. The van der Waals surface area contributed by atoms with Gasteiger partial charge in [-0.1, -0.05) is 67.4 Å². The number of amides is 2. The Labute approximate surface area is 172 Å². The number of nitrogens with one attached hydrogen (secondary N) is 1. The van der Waals surface area contributed by atoms with Gasteiger partial charge >= 0.3 is 0 Å². The van der Waals surface area contributed by atoms with Crippen molar-refractivity contribution in [1.29, 1.82) is 0 Å². The lowest BCUT2D eigenvalue weighted by Crippen LogP contribution is -2.47. The molecule has 0 fully saturated rings. The fraction of sp³-hybridized carbons (Fsp3) is 0.391. The van der Waals surface area contributed by atoms with Crippen LogP contribution in [0.15, 0.2) is 54.6 Å². The third-order valence-electron chi connectivity index (χ3n) is 4.71. The summed E-state index contributed by atoms with van der Waals surface area (Å²) in [4.78, 5) is 27.2. The highest BCUT2D eigenvalue weighted by atomic mass is 35.5. The molecule has 150 valence electrons. The second-order valence-electron chi connectivity index (χ2n) is 6.96. The van der Waals surface area contributed by atoms with Gasteiger partial charge in [0.05, 0.1) is 0 Å². The van der Waals surface area contributed by atoms with Crippen molar-refractivity contribution in [3.8, 4) is 0 Å². The molecule has 0 saturated heterocycles. The normalized spacial score (nSPS) is 11.7. The summed E-state index contributed by atoms with van der Waals surface area (Å²) in [7, 11) is 0. The van der Waals surface area contributed by atoms with Crippen molar-refractivity contribution in [1.82, 2.24) is 10.2 Å². The Balaban J connectivity index is 2.09. The number of carbonyl (C=O) groups excluding carboxylic acids is 2. The lowest BCUT2D eigenvalue weighted by molar-refractivity contribution is -0.140. The summed E-state index contributed by atoms with van der Waals surface area (Å²) in [6, 6.07) is 16.8.